The third-order valence-electron chi connectivity index (χ3n) is 3.25. The Kier molecular flexibility index (Phi) is 5.67. The van der Waals surface area contributed by atoms with Crippen molar-refractivity contribution in [1.29, 1.82) is 0 Å². The summed E-state index contributed by atoms with van der Waals surface area (Å²) in [6.07, 6.45) is 2.71. The van der Waals surface area contributed by atoms with Crippen LogP contribution in [0.3, 0.4) is 0 Å². The molecule has 0 aromatic heterocycles. The van der Waals surface area contributed by atoms with E-state index in [2.05, 4.69) is 0 Å². The van der Waals surface area contributed by atoms with E-state index in [9.17, 15) is 19.3 Å². The van der Waals surface area contributed by atoms with Gasteiger partial charge in [0.15, 0.2) is 5.75 Å². The van der Waals surface area contributed by atoms with Crippen molar-refractivity contribution >= 4 is 17.7 Å². The molecule has 0 unspecified atom stereocenters. The number of carbonyl (C=O) groups excluding carboxylic acids is 1. The number of nitrogens with zero attached hydrogens (tertiary/aromatic N) is 1. The van der Waals surface area contributed by atoms with Gasteiger partial charge in [-0.3, -0.25) is 14.9 Å². The summed E-state index contributed by atoms with van der Waals surface area (Å²) in [5.41, 5.74) is 5.93. The molecule has 0 atom stereocenters. The Hall–Kier alpha value is -3.42. The number of amides is 1. The van der Waals surface area contributed by atoms with Gasteiger partial charge in [-0.2, -0.15) is 0 Å². The second-order valence-corrected chi connectivity index (χ2v) is 4.96. The predicted octanol–water partition coefficient (Wildman–Crippen LogP) is 2.82. The summed E-state index contributed by atoms with van der Waals surface area (Å²) in [6, 6.07) is 7.99. The minimum absolute atomic E-state index is 0.0915. The molecule has 0 saturated heterocycles. The molecule has 2 aromatic rings. The Morgan fingerprint density at radius 1 is 1.28 bits per heavy atom. The van der Waals surface area contributed by atoms with Crippen LogP contribution in [0.4, 0.5) is 10.1 Å². The summed E-state index contributed by atoms with van der Waals surface area (Å²) in [4.78, 5) is 21.2. The van der Waals surface area contributed by atoms with Crippen LogP contribution in [-0.2, 0) is 11.4 Å². The number of nitro groups is 1. The monoisotopic (exact) mass is 346 g/mol. The molecule has 130 valence electrons. The van der Waals surface area contributed by atoms with E-state index in [1.807, 2.05) is 0 Å². The van der Waals surface area contributed by atoms with Gasteiger partial charge in [-0.25, -0.2) is 4.39 Å². The highest BCUT2D eigenvalue weighted by atomic mass is 19.1. The van der Waals surface area contributed by atoms with E-state index >= 15 is 0 Å². The van der Waals surface area contributed by atoms with E-state index < -0.39 is 16.6 Å². The van der Waals surface area contributed by atoms with Crippen molar-refractivity contribution in [3.8, 4) is 11.5 Å². The summed E-state index contributed by atoms with van der Waals surface area (Å²) in [7, 11) is 1.46. The van der Waals surface area contributed by atoms with Gasteiger partial charge in [-0.15, -0.1) is 0 Å². The van der Waals surface area contributed by atoms with Crippen LogP contribution < -0.4 is 15.2 Å². The van der Waals surface area contributed by atoms with E-state index in [1.54, 1.807) is 18.2 Å². The van der Waals surface area contributed by atoms with Gasteiger partial charge in [0.1, 0.15) is 18.2 Å². The zero-order valence-electron chi connectivity index (χ0n) is 13.3. The number of rotatable bonds is 7. The number of nitro benzene ring substituents is 1. The van der Waals surface area contributed by atoms with Gasteiger partial charge in [0.25, 0.3) is 0 Å². The molecule has 0 radical (unpaired) electrons. The fourth-order valence-electron chi connectivity index (χ4n) is 2.10. The Morgan fingerprint density at radius 2 is 2.04 bits per heavy atom. The Balaban J connectivity index is 2.28. The van der Waals surface area contributed by atoms with E-state index in [-0.39, 0.29) is 18.0 Å². The molecular weight excluding hydrogens is 331 g/mol. The number of hydrogen-bond donors (Lipinski definition) is 1. The van der Waals surface area contributed by atoms with Crippen LogP contribution in [0.25, 0.3) is 6.08 Å². The third kappa shape index (κ3) is 4.77. The quantitative estimate of drug-likeness (QED) is 0.471. The summed E-state index contributed by atoms with van der Waals surface area (Å²) < 4.78 is 24.0. The lowest BCUT2D eigenvalue weighted by Gasteiger charge is -2.11. The van der Waals surface area contributed by atoms with Gasteiger partial charge in [0.2, 0.25) is 5.91 Å². The number of primary amides is 1. The number of nitrogens with two attached hydrogens (primary N) is 1. The Bertz CT molecular complexity index is 836. The normalized spacial score (nSPS) is 10.6. The Morgan fingerprint density at radius 3 is 2.68 bits per heavy atom. The van der Waals surface area contributed by atoms with Gasteiger partial charge in [-0.05, 0) is 29.8 Å². The first kappa shape index (κ1) is 17.9. The highest BCUT2D eigenvalue weighted by molar-refractivity contribution is 5.90. The van der Waals surface area contributed by atoms with Gasteiger partial charge >= 0.3 is 5.69 Å². The molecule has 0 bridgehead atoms. The van der Waals surface area contributed by atoms with Crippen molar-refractivity contribution in [1.82, 2.24) is 0 Å². The molecule has 0 fully saturated rings. The highest BCUT2D eigenvalue weighted by Crippen LogP contribution is 2.29. The topological polar surface area (TPSA) is 105 Å². The first-order chi connectivity index (χ1) is 11.9. The predicted molar refractivity (Wildman–Crippen MR) is 88.6 cm³/mol. The molecule has 0 heterocycles. The lowest BCUT2D eigenvalue weighted by Crippen LogP contribution is -2.05. The van der Waals surface area contributed by atoms with Crippen LogP contribution in [0.2, 0.25) is 0 Å². The zero-order chi connectivity index (χ0) is 18.4. The molecule has 0 saturated carbocycles. The van der Waals surface area contributed by atoms with Gasteiger partial charge in [-0.1, -0.05) is 6.07 Å². The molecule has 2 aromatic carbocycles. The van der Waals surface area contributed by atoms with E-state index in [4.69, 9.17) is 15.2 Å². The van der Waals surface area contributed by atoms with Crippen LogP contribution in [-0.4, -0.2) is 17.9 Å². The molecule has 0 aliphatic heterocycles. The third-order valence-corrected chi connectivity index (χ3v) is 3.25. The maximum atomic E-state index is 13.3. The number of benzene rings is 2. The summed E-state index contributed by atoms with van der Waals surface area (Å²) in [5.74, 6) is -0.949. The molecule has 1 amide bonds. The summed E-state index contributed by atoms with van der Waals surface area (Å²) in [5, 5.41) is 11.0. The minimum Gasteiger partial charge on any atom is -0.496 e. The fourth-order valence-corrected chi connectivity index (χ4v) is 2.10. The average molecular weight is 346 g/mol. The van der Waals surface area contributed by atoms with Gasteiger partial charge in [0.05, 0.1) is 12.0 Å². The molecule has 2 rings (SSSR count). The smallest absolute Gasteiger partial charge is 0.311 e. The highest BCUT2D eigenvalue weighted by Gasteiger charge is 2.16. The van der Waals surface area contributed by atoms with Crippen LogP contribution >= 0.6 is 0 Å². The van der Waals surface area contributed by atoms with Crippen LogP contribution in [0.15, 0.2) is 42.5 Å². The molecule has 0 aliphatic carbocycles. The molecule has 7 nitrogen and oxygen atoms in total. The van der Waals surface area contributed by atoms with Crippen LogP contribution in [0.5, 0.6) is 11.5 Å². The first-order valence-corrected chi connectivity index (χ1v) is 7.12. The maximum absolute atomic E-state index is 13.3. The second kappa shape index (κ2) is 7.91. The fraction of sp³-hybridized carbons (Fsp3) is 0.118. The number of hydrogen-bond acceptors (Lipinski definition) is 5. The maximum Gasteiger partial charge on any atom is 0.311 e. The summed E-state index contributed by atoms with van der Waals surface area (Å²) in [6.45, 7) is -0.0915. The number of halogens is 1. The molecule has 2 N–H and O–H groups in total. The van der Waals surface area contributed by atoms with E-state index in [0.29, 0.717) is 16.9 Å². The number of ether oxygens (including phenoxy) is 2. The van der Waals surface area contributed by atoms with Gasteiger partial charge in [0, 0.05) is 23.8 Å². The number of carbonyl (C=O) groups is 1. The number of methoxy groups -OCH3 is 1. The van der Waals surface area contributed by atoms with Crippen molar-refractivity contribution in [3.63, 3.8) is 0 Å². The Labute approximate surface area is 142 Å². The largest absolute Gasteiger partial charge is 0.496 e. The van der Waals surface area contributed by atoms with Crippen molar-refractivity contribution in [2.45, 2.75) is 6.61 Å². The molecule has 25 heavy (non-hydrogen) atoms. The SMILES string of the molecule is COc1ccc(/C=C\C(N)=O)cc1COc1cc(F)ccc1[N+](=O)[O-]. The second-order valence-electron chi connectivity index (χ2n) is 4.96. The van der Waals surface area contributed by atoms with Crippen molar-refractivity contribution in [3.05, 3.63) is 69.5 Å². The lowest BCUT2D eigenvalue weighted by molar-refractivity contribution is -0.386. The lowest BCUT2D eigenvalue weighted by atomic mass is 10.1. The molecule has 8 heteroatoms. The van der Waals surface area contributed by atoms with E-state index in [0.717, 1.165) is 18.2 Å². The standard InChI is InChI=1S/C17H15FN2O5/c1-24-15-6-2-11(3-7-17(19)21)8-12(15)10-25-16-9-13(18)4-5-14(16)20(22)23/h2-9H,10H2,1H3,(H2,19,21)/b7-3-. The van der Waals surface area contributed by atoms with Crippen molar-refractivity contribution in [2.24, 2.45) is 5.73 Å². The zero-order valence-corrected chi connectivity index (χ0v) is 13.3. The van der Waals surface area contributed by atoms with E-state index in [1.165, 1.54) is 19.3 Å². The summed E-state index contributed by atoms with van der Waals surface area (Å²) >= 11 is 0. The van der Waals surface area contributed by atoms with Crippen LogP contribution in [0.1, 0.15) is 11.1 Å². The minimum atomic E-state index is -0.655. The van der Waals surface area contributed by atoms with Crippen molar-refractivity contribution < 1.29 is 23.6 Å². The molecular formula is C17H15FN2O5. The van der Waals surface area contributed by atoms with Crippen molar-refractivity contribution in [2.75, 3.05) is 7.11 Å². The molecule has 0 aliphatic rings. The molecule has 0 spiro atoms. The van der Waals surface area contributed by atoms with Gasteiger partial charge < -0.3 is 15.2 Å². The van der Waals surface area contributed by atoms with Crippen LogP contribution in [0, 0.1) is 15.9 Å². The average Bonchev–Trinajstić information content (AvgIpc) is 2.57. The first-order valence-electron chi connectivity index (χ1n) is 7.12.